The van der Waals surface area contributed by atoms with Crippen molar-refractivity contribution in [1.29, 1.82) is 0 Å². The molecule has 3 heteroatoms. The summed E-state index contributed by atoms with van der Waals surface area (Å²) in [6.45, 7) is 0. The Morgan fingerprint density at radius 1 is 0.667 bits per heavy atom. The second-order valence-corrected chi connectivity index (χ2v) is 7.69. The molecule has 3 aromatic carbocycles. The lowest BCUT2D eigenvalue weighted by atomic mass is 9.66. The maximum atomic E-state index is 6.55. The molecule has 1 heterocycles. The minimum atomic E-state index is -0.585. The quantitative estimate of drug-likeness (QED) is 0.315. The summed E-state index contributed by atoms with van der Waals surface area (Å²) in [5.74, 6) is 0. The summed E-state index contributed by atoms with van der Waals surface area (Å²) in [7, 11) is 0. The van der Waals surface area contributed by atoms with E-state index in [0.29, 0.717) is 5.69 Å². The average molecular weight is 462 g/mol. The third-order valence-corrected chi connectivity index (χ3v) is 5.45. The minimum Gasteiger partial charge on any atom is -0.397 e. The van der Waals surface area contributed by atoms with Gasteiger partial charge in [-0.15, -0.1) is 0 Å². The number of nitrogens with zero attached hydrogens (tertiary/aromatic N) is 1. The van der Waals surface area contributed by atoms with Gasteiger partial charge in [-0.25, -0.2) is 0 Å². The lowest BCUT2D eigenvalue weighted by molar-refractivity contribution is 0.717. The molecule has 0 atom stereocenters. The molecule has 0 saturated heterocycles. The zero-order valence-corrected chi connectivity index (χ0v) is 16.9. The molecule has 27 heavy (non-hydrogen) atoms. The molecule has 0 aliphatic carbocycles. The van der Waals surface area contributed by atoms with Crippen molar-refractivity contribution in [3.63, 3.8) is 0 Å². The Balaban J connectivity index is 2.16. The van der Waals surface area contributed by atoms with Gasteiger partial charge in [-0.3, -0.25) is 4.98 Å². The van der Waals surface area contributed by atoms with Gasteiger partial charge in [-0.1, -0.05) is 91.0 Å². The monoisotopic (exact) mass is 462 g/mol. The van der Waals surface area contributed by atoms with Crippen LogP contribution in [0, 0.1) is 3.57 Å². The van der Waals surface area contributed by atoms with Crippen LogP contribution in [0.25, 0.3) is 0 Å². The first-order valence-corrected chi connectivity index (χ1v) is 9.89. The molecule has 4 aromatic rings. The van der Waals surface area contributed by atoms with Crippen LogP contribution >= 0.6 is 22.6 Å². The molecule has 0 aliphatic rings. The van der Waals surface area contributed by atoms with E-state index in [4.69, 9.17) is 10.7 Å². The van der Waals surface area contributed by atoms with Crippen molar-refractivity contribution in [3.8, 4) is 0 Å². The van der Waals surface area contributed by atoms with Crippen molar-refractivity contribution in [1.82, 2.24) is 4.98 Å². The minimum absolute atomic E-state index is 0.585. The number of anilines is 1. The number of nitrogens with two attached hydrogens (primary N) is 1. The summed E-state index contributed by atoms with van der Waals surface area (Å²) in [6, 6.07) is 33.4. The van der Waals surface area contributed by atoms with Crippen molar-refractivity contribution in [2.75, 3.05) is 5.73 Å². The summed E-state index contributed by atoms with van der Waals surface area (Å²) in [6.07, 6.45) is 1.88. The number of benzene rings is 3. The smallest absolute Gasteiger partial charge is 0.0894 e. The van der Waals surface area contributed by atoms with E-state index in [2.05, 4.69) is 95.4 Å². The molecule has 0 aliphatic heterocycles. The standard InChI is InChI=1S/C24H19IN2/c25-21-16-22(26)23(27-17-21)24(18-10-4-1-5-11-18,19-12-6-2-7-13-19)20-14-8-3-9-15-20/h1-17H,26H2. The Hall–Kier alpha value is -2.66. The van der Waals surface area contributed by atoms with E-state index in [-0.39, 0.29) is 0 Å². The number of hydrogen-bond acceptors (Lipinski definition) is 2. The van der Waals surface area contributed by atoms with Gasteiger partial charge in [-0.2, -0.15) is 0 Å². The number of halogens is 1. The molecule has 0 spiro atoms. The van der Waals surface area contributed by atoms with Crippen molar-refractivity contribution < 1.29 is 0 Å². The first-order chi connectivity index (χ1) is 13.2. The van der Waals surface area contributed by atoms with Crippen molar-refractivity contribution in [2.45, 2.75) is 5.41 Å². The van der Waals surface area contributed by atoms with Crippen LogP contribution in [0.15, 0.2) is 103 Å². The van der Waals surface area contributed by atoms with Crippen LogP contribution in [0.5, 0.6) is 0 Å². The van der Waals surface area contributed by atoms with Gasteiger partial charge in [0.1, 0.15) is 0 Å². The first kappa shape index (κ1) is 17.7. The molecule has 132 valence electrons. The fourth-order valence-electron chi connectivity index (χ4n) is 3.74. The van der Waals surface area contributed by atoms with Gasteiger partial charge in [0, 0.05) is 9.77 Å². The summed E-state index contributed by atoms with van der Waals surface area (Å²) in [5.41, 5.74) is 10.9. The topological polar surface area (TPSA) is 38.9 Å². The van der Waals surface area contributed by atoms with Gasteiger partial charge in [0.15, 0.2) is 0 Å². The van der Waals surface area contributed by atoms with Crippen LogP contribution in [0.4, 0.5) is 5.69 Å². The van der Waals surface area contributed by atoms with Crippen LogP contribution in [0.1, 0.15) is 22.4 Å². The van der Waals surface area contributed by atoms with Gasteiger partial charge in [0.2, 0.25) is 0 Å². The van der Waals surface area contributed by atoms with E-state index in [0.717, 1.165) is 26.0 Å². The molecule has 2 nitrogen and oxygen atoms in total. The van der Waals surface area contributed by atoms with Gasteiger partial charge >= 0.3 is 0 Å². The summed E-state index contributed by atoms with van der Waals surface area (Å²) in [5, 5.41) is 0. The Kier molecular flexibility index (Phi) is 4.94. The fourth-order valence-corrected chi connectivity index (χ4v) is 4.22. The zero-order chi connectivity index (χ0) is 18.7. The summed E-state index contributed by atoms with van der Waals surface area (Å²) in [4.78, 5) is 4.85. The predicted molar refractivity (Wildman–Crippen MR) is 120 cm³/mol. The van der Waals surface area contributed by atoms with Crippen LogP contribution in [-0.4, -0.2) is 4.98 Å². The van der Waals surface area contributed by atoms with Crippen LogP contribution < -0.4 is 5.73 Å². The largest absolute Gasteiger partial charge is 0.397 e. The van der Waals surface area contributed by atoms with Crippen LogP contribution in [-0.2, 0) is 5.41 Å². The van der Waals surface area contributed by atoms with Gasteiger partial charge in [0.25, 0.3) is 0 Å². The van der Waals surface area contributed by atoms with E-state index >= 15 is 0 Å². The lowest BCUT2D eigenvalue weighted by Gasteiger charge is -2.36. The number of rotatable bonds is 4. The Morgan fingerprint density at radius 3 is 1.44 bits per heavy atom. The fraction of sp³-hybridized carbons (Fsp3) is 0.0417. The van der Waals surface area contributed by atoms with E-state index in [1.165, 1.54) is 0 Å². The Labute approximate surface area is 173 Å². The van der Waals surface area contributed by atoms with E-state index < -0.39 is 5.41 Å². The third kappa shape index (κ3) is 3.12. The summed E-state index contributed by atoms with van der Waals surface area (Å²) >= 11 is 2.25. The highest BCUT2D eigenvalue weighted by Gasteiger charge is 2.40. The van der Waals surface area contributed by atoms with E-state index in [1.807, 2.05) is 30.5 Å². The maximum Gasteiger partial charge on any atom is 0.0894 e. The van der Waals surface area contributed by atoms with Gasteiger partial charge in [0.05, 0.1) is 16.8 Å². The molecule has 4 rings (SSSR count). The highest BCUT2D eigenvalue weighted by atomic mass is 127. The molecule has 2 N–H and O–H groups in total. The lowest BCUT2D eigenvalue weighted by Crippen LogP contribution is -2.33. The van der Waals surface area contributed by atoms with E-state index in [9.17, 15) is 0 Å². The predicted octanol–water partition coefficient (Wildman–Crippen LogP) is 5.65. The SMILES string of the molecule is Nc1cc(I)cnc1C(c1ccccc1)(c1ccccc1)c1ccccc1. The zero-order valence-electron chi connectivity index (χ0n) is 14.7. The Bertz CT molecular complexity index is 935. The van der Waals surface area contributed by atoms with Gasteiger partial charge < -0.3 is 5.73 Å². The molecule has 1 aromatic heterocycles. The highest BCUT2D eigenvalue weighted by Crippen LogP contribution is 2.46. The number of nitrogen functional groups attached to an aromatic ring is 1. The molecule has 0 bridgehead atoms. The summed E-state index contributed by atoms with van der Waals surface area (Å²) < 4.78 is 1.02. The Morgan fingerprint density at radius 2 is 1.07 bits per heavy atom. The number of aromatic nitrogens is 1. The highest BCUT2D eigenvalue weighted by molar-refractivity contribution is 14.1. The molecular weight excluding hydrogens is 443 g/mol. The first-order valence-electron chi connectivity index (χ1n) is 8.81. The normalized spacial score (nSPS) is 11.3. The van der Waals surface area contributed by atoms with Crippen molar-refractivity contribution >= 4 is 28.3 Å². The second kappa shape index (κ2) is 7.53. The maximum absolute atomic E-state index is 6.55. The molecule has 0 amide bonds. The molecular formula is C24H19IN2. The number of pyridine rings is 1. The molecule has 0 radical (unpaired) electrons. The van der Waals surface area contributed by atoms with Gasteiger partial charge in [-0.05, 0) is 45.3 Å². The number of hydrogen-bond donors (Lipinski definition) is 1. The van der Waals surface area contributed by atoms with Crippen LogP contribution in [0.3, 0.4) is 0 Å². The third-order valence-electron chi connectivity index (χ3n) is 4.86. The van der Waals surface area contributed by atoms with E-state index in [1.54, 1.807) is 0 Å². The van der Waals surface area contributed by atoms with Crippen LogP contribution in [0.2, 0.25) is 0 Å². The van der Waals surface area contributed by atoms with Crippen molar-refractivity contribution in [2.24, 2.45) is 0 Å². The molecule has 0 saturated carbocycles. The van der Waals surface area contributed by atoms with Crippen molar-refractivity contribution in [3.05, 3.63) is 129 Å². The average Bonchev–Trinajstić information content (AvgIpc) is 2.72. The molecule has 0 unspecified atom stereocenters. The molecule has 0 fully saturated rings. The second-order valence-electron chi connectivity index (χ2n) is 6.44.